The molecule has 0 aliphatic carbocycles. The Morgan fingerprint density at radius 2 is 2.05 bits per heavy atom. The molecule has 0 amide bonds. The second kappa shape index (κ2) is 9.71. The number of nitrogen functional groups attached to an aromatic ring is 1. The highest BCUT2D eigenvalue weighted by Crippen LogP contribution is 2.47. The number of aromatic nitrogens is 4. The molecule has 16 heteroatoms. The number of hydrogen-bond acceptors (Lipinski definition) is 15. The number of methoxy groups -OCH3 is 2. The number of esters is 2. The van der Waals surface area contributed by atoms with Crippen LogP contribution in [0.2, 0.25) is 0 Å². The molecule has 3 aliphatic heterocycles. The Balaban J connectivity index is 1.49. The number of nitrogens with two attached hydrogens (primary N) is 1. The van der Waals surface area contributed by atoms with E-state index in [-0.39, 0.29) is 12.2 Å². The first kappa shape index (κ1) is 25.7. The highest BCUT2D eigenvalue weighted by molar-refractivity contribution is 5.81. The van der Waals surface area contributed by atoms with Gasteiger partial charge in [-0.1, -0.05) is 0 Å². The Labute approximate surface area is 209 Å². The van der Waals surface area contributed by atoms with E-state index in [4.69, 9.17) is 39.3 Å². The van der Waals surface area contributed by atoms with Crippen molar-refractivity contribution in [1.29, 1.82) is 0 Å². The highest BCUT2D eigenvalue weighted by Gasteiger charge is 2.67. The quantitative estimate of drug-likeness (QED) is 0.284. The minimum atomic E-state index is -2.39. The van der Waals surface area contributed by atoms with Crippen molar-refractivity contribution in [3.8, 4) is 0 Å². The Morgan fingerprint density at radius 1 is 1.27 bits per heavy atom. The van der Waals surface area contributed by atoms with Gasteiger partial charge in [-0.05, 0) is 0 Å². The molecule has 3 saturated heterocycles. The number of ether oxygens (including phenoxy) is 6. The highest BCUT2D eigenvalue weighted by atomic mass is 16.7. The van der Waals surface area contributed by atoms with Gasteiger partial charge in [0.15, 0.2) is 29.9 Å². The van der Waals surface area contributed by atoms with Crippen molar-refractivity contribution in [2.75, 3.05) is 26.6 Å². The molecular weight excluding hydrogens is 498 g/mol. The van der Waals surface area contributed by atoms with Gasteiger partial charge in [-0.25, -0.2) is 19.7 Å². The van der Waals surface area contributed by atoms with Crippen molar-refractivity contribution < 1.29 is 53.3 Å². The van der Waals surface area contributed by atoms with E-state index in [1.54, 1.807) is 4.57 Å². The number of carbonyl (C=O) groups excluding carboxylic acids is 2. The lowest BCUT2D eigenvalue weighted by molar-refractivity contribution is -0.397. The third-order valence-corrected chi connectivity index (χ3v) is 6.80. The van der Waals surface area contributed by atoms with Gasteiger partial charge in [0.25, 0.3) is 0 Å². The smallest absolute Gasteiger partial charge is 0.337 e. The van der Waals surface area contributed by atoms with E-state index in [2.05, 4.69) is 15.0 Å². The first-order chi connectivity index (χ1) is 17.7. The van der Waals surface area contributed by atoms with Crippen LogP contribution in [0, 0.1) is 0 Å². The normalized spacial score (nSPS) is 37.1. The maximum Gasteiger partial charge on any atom is 0.337 e. The van der Waals surface area contributed by atoms with Crippen LogP contribution in [-0.2, 0) is 38.0 Å². The Bertz CT molecular complexity index is 1180. The fourth-order valence-electron chi connectivity index (χ4n) is 5.07. The molecular formula is C21H27N5O11. The van der Waals surface area contributed by atoms with Crippen LogP contribution < -0.4 is 5.73 Å². The van der Waals surface area contributed by atoms with Crippen molar-refractivity contribution in [2.45, 2.75) is 67.6 Å². The predicted octanol–water partition coefficient (Wildman–Crippen LogP) is -2.61. The summed E-state index contributed by atoms with van der Waals surface area (Å²) in [5, 5.41) is 31.6. The summed E-state index contributed by atoms with van der Waals surface area (Å²) >= 11 is 0. The zero-order valence-electron chi connectivity index (χ0n) is 19.9. The van der Waals surface area contributed by atoms with Crippen LogP contribution >= 0.6 is 0 Å². The summed E-state index contributed by atoms with van der Waals surface area (Å²) in [4.78, 5) is 36.9. The summed E-state index contributed by atoms with van der Waals surface area (Å²) in [5.41, 5.74) is 6.63. The average molecular weight is 525 g/mol. The number of aliphatic hydroxyl groups is 3. The van der Waals surface area contributed by atoms with Gasteiger partial charge in [0, 0.05) is 13.5 Å². The van der Waals surface area contributed by atoms with Gasteiger partial charge >= 0.3 is 11.9 Å². The van der Waals surface area contributed by atoms with Crippen LogP contribution in [0.4, 0.5) is 5.82 Å². The molecule has 0 unspecified atom stereocenters. The summed E-state index contributed by atoms with van der Waals surface area (Å²) in [5.74, 6) is -4.09. The van der Waals surface area contributed by atoms with Gasteiger partial charge in [0.1, 0.15) is 36.3 Å². The van der Waals surface area contributed by atoms with Crippen LogP contribution in [0.3, 0.4) is 0 Å². The van der Waals surface area contributed by atoms with Crippen LogP contribution in [-0.4, -0.2) is 116 Å². The first-order valence-corrected chi connectivity index (χ1v) is 11.5. The second-order valence-electron chi connectivity index (χ2n) is 8.86. The van der Waals surface area contributed by atoms with Crippen LogP contribution in [0.1, 0.15) is 19.1 Å². The SMILES string of the molecule is COC(=O)[C@H]1O[C@H]2C[C@H]3O[C@@H](n4cnc5c(N)ncnc54)[C@H](OC)[C@H]3O[C@@]2(O)[C@@H](OC(=O)CCO)[C@@H]1O. The van der Waals surface area contributed by atoms with Gasteiger partial charge in [0.2, 0.25) is 5.79 Å². The molecule has 202 valence electrons. The Morgan fingerprint density at radius 3 is 2.76 bits per heavy atom. The zero-order chi connectivity index (χ0) is 26.5. The molecule has 3 aliphatic rings. The van der Waals surface area contributed by atoms with E-state index in [0.717, 1.165) is 7.11 Å². The average Bonchev–Trinajstić information content (AvgIpc) is 3.45. The van der Waals surface area contributed by atoms with Crippen LogP contribution in [0.15, 0.2) is 12.7 Å². The molecule has 9 atom stereocenters. The fourth-order valence-corrected chi connectivity index (χ4v) is 5.07. The molecule has 5 rings (SSSR count). The van der Waals surface area contributed by atoms with E-state index < -0.39 is 79.7 Å². The maximum absolute atomic E-state index is 12.3. The van der Waals surface area contributed by atoms with Gasteiger partial charge in [-0.3, -0.25) is 9.36 Å². The standard InChI is InChI=1S/C21H27N5O11/c1-32-15-13-8(34-19(15)26-7-25-11-17(22)23-6-24-18(11)26)5-9-21(31,37-13)16(36-10(28)3-4-27)12(29)14(35-9)20(30)33-2/h6-9,12-16,19,27,29,31H,3-5H2,1-2H3,(H2,22,23,24)/t8-,9+,12-,13+,14+,15-,16+,19-,21-/m1/s1. The molecule has 0 spiro atoms. The molecule has 0 aromatic carbocycles. The number of carbonyl (C=O) groups is 2. The lowest BCUT2D eigenvalue weighted by atomic mass is 9.84. The van der Waals surface area contributed by atoms with Gasteiger partial charge in [-0.15, -0.1) is 0 Å². The van der Waals surface area contributed by atoms with Gasteiger partial charge < -0.3 is 49.5 Å². The number of aliphatic hydroxyl groups excluding tert-OH is 2. The maximum atomic E-state index is 12.3. The van der Waals surface area contributed by atoms with Crippen molar-refractivity contribution in [3.05, 3.63) is 12.7 Å². The van der Waals surface area contributed by atoms with E-state index >= 15 is 0 Å². The molecule has 2 aromatic rings. The largest absolute Gasteiger partial charge is 0.467 e. The minimum absolute atomic E-state index is 0.0322. The first-order valence-electron chi connectivity index (χ1n) is 11.5. The van der Waals surface area contributed by atoms with E-state index in [0.29, 0.717) is 11.2 Å². The zero-order valence-corrected chi connectivity index (χ0v) is 19.9. The molecule has 16 nitrogen and oxygen atoms in total. The molecule has 37 heavy (non-hydrogen) atoms. The predicted molar refractivity (Wildman–Crippen MR) is 117 cm³/mol. The van der Waals surface area contributed by atoms with Crippen molar-refractivity contribution >= 4 is 28.9 Å². The summed E-state index contributed by atoms with van der Waals surface area (Å²) in [7, 11) is 2.52. The molecule has 0 radical (unpaired) electrons. The van der Waals surface area contributed by atoms with Crippen LogP contribution in [0.5, 0.6) is 0 Å². The van der Waals surface area contributed by atoms with E-state index in [9.17, 15) is 19.8 Å². The molecule has 0 saturated carbocycles. The monoisotopic (exact) mass is 525 g/mol. The molecule has 3 fully saturated rings. The second-order valence-corrected chi connectivity index (χ2v) is 8.86. The van der Waals surface area contributed by atoms with Crippen molar-refractivity contribution in [2.24, 2.45) is 0 Å². The Hall–Kier alpha value is -2.99. The summed E-state index contributed by atoms with van der Waals surface area (Å²) in [6.45, 7) is -0.528. The van der Waals surface area contributed by atoms with E-state index in [1.165, 1.54) is 19.8 Å². The third-order valence-electron chi connectivity index (χ3n) is 6.80. The third kappa shape index (κ3) is 4.10. The van der Waals surface area contributed by atoms with Gasteiger partial charge in [-0.2, -0.15) is 0 Å². The number of anilines is 1. The van der Waals surface area contributed by atoms with Gasteiger partial charge in [0.05, 0.1) is 32.6 Å². The molecule has 2 aromatic heterocycles. The Kier molecular flexibility index (Phi) is 6.73. The number of imidazole rings is 1. The lowest BCUT2D eigenvalue weighted by Gasteiger charge is -2.52. The lowest BCUT2D eigenvalue weighted by Crippen LogP contribution is -2.73. The van der Waals surface area contributed by atoms with Crippen molar-refractivity contribution in [1.82, 2.24) is 19.5 Å². The van der Waals surface area contributed by atoms with Crippen LogP contribution in [0.25, 0.3) is 11.2 Å². The number of hydrogen-bond donors (Lipinski definition) is 4. The molecule has 5 heterocycles. The van der Waals surface area contributed by atoms with Crippen molar-refractivity contribution in [3.63, 3.8) is 0 Å². The topological polar surface area (TPSA) is 220 Å². The number of nitrogens with zero attached hydrogens (tertiary/aromatic N) is 4. The molecule has 0 bridgehead atoms. The summed E-state index contributed by atoms with van der Waals surface area (Å²) < 4.78 is 35.2. The fraction of sp³-hybridized carbons (Fsp3) is 0.667. The number of rotatable bonds is 6. The number of fused-ring (bicyclic) bond motifs is 3. The molecule has 5 N–H and O–H groups in total. The minimum Gasteiger partial charge on any atom is -0.467 e. The van der Waals surface area contributed by atoms with E-state index in [1.807, 2.05) is 0 Å². The summed E-state index contributed by atoms with van der Waals surface area (Å²) in [6, 6.07) is 0. The summed E-state index contributed by atoms with van der Waals surface area (Å²) in [6.07, 6.45) is -7.49.